The van der Waals surface area contributed by atoms with E-state index in [1.54, 1.807) is 6.26 Å². The summed E-state index contributed by atoms with van der Waals surface area (Å²) in [6, 6.07) is 11.5. The molecule has 2 heterocycles. The van der Waals surface area contributed by atoms with E-state index in [0.29, 0.717) is 18.1 Å². The first kappa shape index (κ1) is 12.5. The first-order valence-corrected chi connectivity index (χ1v) is 6.42. The van der Waals surface area contributed by atoms with Gasteiger partial charge in [0.05, 0.1) is 6.26 Å². The topological polar surface area (TPSA) is 48.4 Å². The van der Waals surface area contributed by atoms with Crippen molar-refractivity contribution in [1.29, 1.82) is 0 Å². The van der Waals surface area contributed by atoms with Crippen molar-refractivity contribution in [2.45, 2.75) is 20.5 Å². The average Bonchev–Trinajstić information content (AvgIpc) is 3.09. The minimum Gasteiger partial charge on any atom is -0.487 e. The summed E-state index contributed by atoms with van der Waals surface area (Å²) in [5, 5.41) is 3.97. The van der Waals surface area contributed by atoms with Crippen LogP contribution >= 0.6 is 0 Å². The Morgan fingerprint density at radius 2 is 1.95 bits per heavy atom. The van der Waals surface area contributed by atoms with Crippen molar-refractivity contribution in [3.63, 3.8) is 0 Å². The second-order valence-corrected chi connectivity index (χ2v) is 4.69. The van der Waals surface area contributed by atoms with Gasteiger partial charge in [-0.15, -0.1) is 0 Å². The van der Waals surface area contributed by atoms with Crippen LogP contribution in [0.25, 0.3) is 11.5 Å². The van der Waals surface area contributed by atoms with Gasteiger partial charge >= 0.3 is 0 Å². The SMILES string of the molecule is Cc1ccc(OCc2cc(-c3ccco3)on2)cc1C. The van der Waals surface area contributed by atoms with E-state index in [0.717, 1.165) is 11.4 Å². The smallest absolute Gasteiger partial charge is 0.202 e. The van der Waals surface area contributed by atoms with Gasteiger partial charge in [0.15, 0.2) is 5.76 Å². The standard InChI is InChI=1S/C16H15NO3/c1-11-5-6-14(8-12(11)2)19-10-13-9-16(20-17-13)15-4-3-7-18-15/h3-9H,10H2,1-2H3. The maximum atomic E-state index is 5.71. The molecular weight excluding hydrogens is 254 g/mol. The maximum Gasteiger partial charge on any atom is 0.202 e. The third kappa shape index (κ3) is 2.59. The molecule has 2 aromatic heterocycles. The molecule has 0 aliphatic rings. The van der Waals surface area contributed by atoms with E-state index in [1.807, 2.05) is 36.4 Å². The highest BCUT2D eigenvalue weighted by Gasteiger charge is 2.09. The predicted molar refractivity (Wildman–Crippen MR) is 74.5 cm³/mol. The summed E-state index contributed by atoms with van der Waals surface area (Å²) in [5.74, 6) is 2.10. The van der Waals surface area contributed by atoms with E-state index in [9.17, 15) is 0 Å². The number of hydrogen-bond donors (Lipinski definition) is 0. The minimum absolute atomic E-state index is 0.368. The molecule has 0 spiro atoms. The van der Waals surface area contributed by atoms with E-state index in [2.05, 4.69) is 19.0 Å². The van der Waals surface area contributed by atoms with Crippen LogP contribution in [0, 0.1) is 13.8 Å². The van der Waals surface area contributed by atoms with Gasteiger partial charge in [-0.2, -0.15) is 0 Å². The Kier molecular flexibility index (Phi) is 3.29. The summed E-state index contributed by atoms with van der Waals surface area (Å²) in [7, 11) is 0. The summed E-state index contributed by atoms with van der Waals surface area (Å²) >= 11 is 0. The van der Waals surface area contributed by atoms with Crippen LogP contribution in [0.15, 0.2) is 51.6 Å². The lowest BCUT2D eigenvalue weighted by Crippen LogP contribution is -1.96. The molecule has 0 saturated heterocycles. The summed E-state index contributed by atoms with van der Waals surface area (Å²) in [6.07, 6.45) is 1.60. The Morgan fingerprint density at radius 1 is 1.05 bits per heavy atom. The zero-order valence-electron chi connectivity index (χ0n) is 11.4. The Balaban J connectivity index is 1.68. The fourth-order valence-corrected chi connectivity index (χ4v) is 1.88. The van der Waals surface area contributed by atoms with Crippen LogP contribution in [0.4, 0.5) is 0 Å². The van der Waals surface area contributed by atoms with Crippen molar-refractivity contribution in [3.8, 4) is 17.3 Å². The normalized spacial score (nSPS) is 10.7. The summed E-state index contributed by atoms with van der Waals surface area (Å²) in [6.45, 7) is 4.51. The Hall–Kier alpha value is -2.49. The van der Waals surface area contributed by atoms with Crippen molar-refractivity contribution in [3.05, 3.63) is 59.5 Å². The molecule has 0 saturated carbocycles. The number of aryl methyl sites for hydroxylation is 2. The molecule has 0 aliphatic heterocycles. The summed E-state index contributed by atoms with van der Waals surface area (Å²) in [4.78, 5) is 0. The van der Waals surface area contributed by atoms with Gasteiger partial charge in [0, 0.05) is 6.07 Å². The molecule has 0 amide bonds. The van der Waals surface area contributed by atoms with Gasteiger partial charge in [-0.3, -0.25) is 0 Å². The molecule has 3 aromatic rings. The highest BCUT2D eigenvalue weighted by Crippen LogP contribution is 2.22. The highest BCUT2D eigenvalue weighted by molar-refractivity contribution is 5.49. The lowest BCUT2D eigenvalue weighted by atomic mass is 10.1. The molecule has 4 nitrogen and oxygen atoms in total. The number of benzene rings is 1. The summed E-state index contributed by atoms with van der Waals surface area (Å²) < 4.78 is 16.2. The van der Waals surface area contributed by atoms with Crippen LogP contribution in [0.2, 0.25) is 0 Å². The van der Waals surface area contributed by atoms with E-state index in [4.69, 9.17) is 13.7 Å². The van der Waals surface area contributed by atoms with Crippen molar-refractivity contribution >= 4 is 0 Å². The highest BCUT2D eigenvalue weighted by atomic mass is 16.5. The van der Waals surface area contributed by atoms with Crippen molar-refractivity contribution in [1.82, 2.24) is 5.16 Å². The monoisotopic (exact) mass is 269 g/mol. The van der Waals surface area contributed by atoms with Gasteiger partial charge in [0.2, 0.25) is 5.76 Å². The van der Waals surface area contributed by atoms with Crippen LogP contribution in [0.1, 0.15) is 16.8 Å². The fraction of sp³-hybridized carbons (Fsp3) is 0.188. The average molecular weight is 269 g/mol. The number of hydrogen-bond acceptors (Lipinski definition) is 4. The molecule has 0 atom stereocenters. The maximum absolute atomic E-state index is 5.71. The van der Waals surface area contributed by atoms with Crippen molar-refractivity contribution in [2.24, 2.45) is 0 Å². The number of rotatable bonds is 4. The zero-order chi connectivity index (χ0) is 13.9. The van der Waals surface area contributed by atoms with E-state index >= 15 is 0 Å². The van der Waals surface area contributed by atoms with Crippen LogP contribution in [0.3, 0.4) is 0 Å². The first-order chi connectivity index (χ1) is 9.72. The molecule has 0 bridgehead atoms. The van der Waals surface area contributed by atoms with Gasteiger partial charge in [0.1, 0.15) is 18.1 Å². The summed E-state index contributed by atoms with van der Waals surface area (Å²) in [5.41, 5.74) is 3.19. The fourth-order valence-electron chi connectivity index (χ4n) is 1.88. The van der Waals surface area contributed by atoms with E-state index in [-0.39, 0.29) is 0 Å². The molecule has 0 aliphatic carbocycles. The molecule has 0 radical (unpaired) electrons. The lowest BCUT2D eigenvalue weighted by Gasteiger charge is -2.06. The van der Waals surface area contributed by atoms with Crippen LogP contribution < -0.4 is 4.74 Å². The van der Waals surface area contributed by atoms with Gasteiger partial charge in [-0.25, -0.2) is 0 Å². The zero-order valence-corrected chi connectivity index (χ0v) is 11.4. The van der Waals surface area contributed by atoms with Crippen LogP contribution in [-0.4, -0.2) is 5.16 Å². The number of aromatic nitrogens is 1. The first-order valence-electron chi connectivity index (χ1n) is 6.42. The number of ether oxygens (including phenoxy) is 1. The lowest BCUT2D eigenvalue weighted by molar-refractivity contribution is 0.289. The third-order valence-corrected chi connectivity index (χ3v) is 3.19. The molecule has 3 rings (SSSR count). The molecule has 0 N–H and O–H groups in total. The third-order valence-electron chi connectivity index (χ3n) is 3.19. The van der Waals surface area contributed by atoms with Crippen molar-refractivity contribution < 1.29 is 13.7 Å². The number of furan rings is 1. The molecule has 20 heavy (non-hydrogen) atoms. The molecule has 4 heteroatoms. The van der Waals surface area contributed by atoms with Gasteiger partial charge < -0.3 is 13.7 Å². The molecule has 1 aromatic carbocycles. The van der Waals surface area contributed by atoms with Gasteiger partial charge in [-0.1, -0.05) is 11.2 Å². The van der Waals surface area contributed by atoms with Gasteiger partial charge in [-0.05, 0) is 49.2 Å². The second kappa shape index (κ2) is 5.25. The van der Waals surface area contributed by atoms with Crippen LogP contribution in [-0.2, 0) is 6.61 Å². The minimum atomic E-state index is 0.368. The second-order valence-electron chi connectivity index (χ2n) is 4.69. The van der Waals surface area contributed by atoms with E-state index < -0.39 is 0 Å². The number of nitrogens with zero attached hydrogens (tertiary/aromatic N) is 1. The Morgan fingerprint density at radius 3 is 2.70 bits per heavy atom. The Labute approximate surface area is 117 Å². The van der Waals surface area contributed by atoms with E-state index in [1.165, 1.54) is 11.1 Å². The van der Waals surface area contributed by atoms with Crippen molar-refractivity contribution in [2.75, 3.05) is 0 Å². The molecule has 0 unspecified atom stereocenters. The predicted octanol–water partition coefficient (Wildman–Crippen LogP) is 4.13. The van der Waals surface area contributed by atoms with Crippen LogP contribution in [0.5, 0.6) is 5.75 Å². The Bertz CT molecular complexity index is 698. The molecular formula is C16H15NO3. The molecule has 0 fully saturated rings. The quantitative estimate of drug-likeness (QED) is 0.714. The van der Waals surface area contributed by atoms with Gasteiger partial charge in [0.25, 0.3) is 0 Å². The molecule has 102 valence electrons. The largest absolute Gasteiger partial charge is 0.487 e.